The van der Waals surface area contributed by atoms with Gasteiger partial charge in [-0.15, -0.1) is 11.3 Å². The lowest BCUT2D eigenvalue weighted by Crippen LogP contribution is -2.43. The highest BCUT2D eigenvalue weighted by atomic mass is 32.2. The summed E-state index contributed by atoms with van der Waals surface area (Å²) in [6.45, 7) is 2.15. The minimum atomic E-state index is -3.09. The summed E-state index contributed by atoms with van der Waals surface area (Å²) in [6.07, 6.45) is 2.75. The Bertz CT molecular complexity index is 937. The molecule has 0 N–H and O–H groups in total. The van der Waals surface area contributed by atoms with Gasteiger partial charge in [0, 0.05) is 19.0 Å². The normalized spacial score (nSPS) is 18.0. The minimum Gasteiger partial charge on any atom is -0.456 e. The van der Waals surface area contributed by atoms with Crippen LogP contribution >= 0.6 is 11.3 Å². The highest BCUT2D eigenvalue weighted by Gasteiger charge is 2.34. The number of thiazole rings is 1. The van der Waals surface area contributed by atoms with Crippen molar-refractivity contribution in [2.24, 2.45) is 0 Å². The van der Waals surface area contributed by atoms with E-state index in [4.69, 9.17) is 4.74 Å². The number of amides is 1. The number of ether oxygens (including phenoxy) is 1. The van der Waals surface area contributed by atoms with E-state index < -0.39 is 15.8 Å². The maximum absolute atomic E-state index is 12.6. The number of carbonyl (C=O) groups excluding carboxylic acids is 2. The van der Waals surface area contributed by atoms with E-state index in [0.29, 0.717) is 19.4 Å². The first-order chi connectivity index (χ1) is 13.9. The smallest absolute Gasteiger partial charge is 0.306 e. The zero-order chi connectivity index (χ0) is 20.9. The van der Waals surface area contributed by atoms with Gasteiger partial charge in [0.15, 0.2) is 16.4 Å². The van der Waals surface area contributed by atoms with Gasteiger partial charge in [0.2, 0.25) is 0 Å². The van der Waals surface area contributed by atoms with Gasteiger partial charge in [-0.25, -0.2) is 13.4 Å². The van der Waals surface area contributed by atoms with Gasteiger partial charge in [0.05, 0.1) is 33.2 Å². The third-order valence-electron chi connectivity index (χ3n) is 4.96. The summed E-state index contributed by atoms with van der Waals surface area (Å²) in [5.41, 5.74) is 0.911. The van der Waals surface area contributed by atoms with Gasteiger partial charge in [-0.1, -0.05) is 25.5 Å². The standard InChI is InChI=1S/C20H26N2O5S2/c1-2-3-11-22(15-10-12-29(25,26)14-15)19(23)13-27-20(24)9-8-18-21-16-6-4-5-7-17(16)28-18/h4-7,15H,2-3,8-14H2,1H3. The molecule has 0 spiro atoms. The topological polar surface area (TPSA) is 93.6 Å². The van der Waals surface area contributed by atoms with Gasteiger partial charge in [0.25, 0.3) is 5.91 Å². The third-order valence-corrected chi connectivity index (χ3v) is 7.81. The fraction of sp³-hybridized carbons (Fsp3) is 0.550. The number of benzene rings is 1. The number of nitrogens with zero attached hydrogens (tertiary/aromatic N) is 2. The Kier molecular flexibility index (Phi) is 7.23. The number of unbranched alkanes of at least 4 members (excludes halogenated alkanes) is 1. The molecule has 1 amide bonds. The van der Waals surface area contributed by atoms with Gasteiger partial charge < -0.3 is 9.64 Å². The summed E-state index contributed by atoms with van der Waals surface area (Å²) in [6, 6.07) is 7.47. The molecule has 1 aromatic heterocycles. The number of hydrogen-bond acceptors (Lipinski definition) is 7. The summed E-state index contributed by atoms with van der Waals surface area (Å²) in [4.78, 5) is 30.7. The van der Waals surface area contributed by atoms with E-state index in [1.54, 1.807) is 16.2 Å². The second-order valence-corrected chi connectivity index (χ2v) is 10.6. The molecule has 2 aromatic rings. The van der Waals surface area contributed by atoms with Crippen LogP contribution in [-0.2, 0) is 30.6 Å². The highest BCUT2D eigenvalue weighted by molar-refractivity contribution is 7.91. The van der Waals surface area contributed by atoms with Crippen molar-refractivity contribution in [3.05, 3.63) is 29.3 Å². The Morgan fingerprint density at radius 2 is 2.10 bits per heavy atom. The molecular formula is C20H26N2O5S2. The van der Waals surface area contributed by atoms with Crippen molar-refractivity contribution in [3.8, 4) is 0 Å². The van der Waals surface area contributed by atoms with Crippen LogP contribution < -0.4 is 0 Å². The Morgan fingerprint density at radius 3 is 2.79 bits per heavy atom. The number of carbonyl (C=O) groups is 2. The van der Waals surface area contributed by atoms with E-state index in [1.807, 2.05) is 31.2 Å². The van der Waals surface area contributed by atoms with Crippen LogP contribution in [0, 0.1) is 0 Å². The minimum absolute atomic E-state index is 0.00595. The first kappa shape index (κ1) is 21.7. The molecular weight excluding hydrogens is 412 g/mol. The SMILES string of the molecule is CCCCN(C(=O)COC(=O)CCc1nc2ccccc2s1)C1CCS(=O)(=O)C1. The van der Waals surface area contributed by atoms with E-state index in [0.717, 1.165) is 28.1 Å². The van der Waals surface area contributed by atoms with Crippen LogP contribution in [0.3, 0.4) is 0 Å². The van der Waals surface area contributed by atoms with Crippen molar-refractivity contribution in [1.29, 1.82) is 0 Å². The van der Waals surface area contributed by atoms with E-state index in [9.17, 15) is 18.0 Å². The van der Waals surface area contributed by atoms with Gasteiger partial charge in [-0.05, 0) is 25.0 Å². The van der Waals surface area contributed by atoms with Crippen molar-refractivity contribution in [3.63, 3.8) is 0 Å². The predicted octanol–water partition coefficient (Wildman–Crippen LogP) is 2.59. The molecule has 1 fully saturated rings. The molecule has 158 valence electrons. The number of sulfone groups is 1. The molecule has 0 saturated carbocycles. The van der Waals surface area contributed by atoms with Crippen molar-refractivity contribution in [2.45, 2.75) is 45.1 Å². The maximum atomic E-state index is 12.6. The maximum Gasteiger partial charge on any atom is 0.306 e. The quantitative estimate of drug-likeness (QED) is 0.559. The summed E-state index contributed by atoms with van der Waals surface area (Å²) < 4.78 is 29.8. The van der Waals surface area contributed by atoms with Gasteiger partial charge in [0.1, 0.15) is 0 Å². The third kappa shape index (κ3) is 5.99. The molecule has 0 radical (unpaired) electrons. The first-order valence-electron chi connectivity index (χ1n) is 9.88. The fourth-order valence-corrected chi connectivity index (χ4v) is 6.09. The number of hydrogen-bond donors (Lipinski definition) is 0. The Hall–Kier alpha value is -2.00. The number of rotatable bonds is 9. The number of aryl methyl sites for hydroxylation is 1. The molecule has 0 bridgehead atoms. The van der Waals surface area contributed by atoms with E-state index in [2.05, 4.69) is 4.98 Å². The van der Waals surface area contributed by atoms with Crippen LogP contribution in [0.15, 0.2) is 24.3 Å². The molecule has 1 atom stereocenters. The summed E-state index contributed by atoms with van der Waals surface area (Å²) in [7, 11) is -3.09. The van der Waals surface area contributed by atoms with E-state index in [-0.39, 0.29) is 36.5 Å². The molecule has 3 rings (SSSR count). The molecule has 1 aliphatic heterocycles. The largest absolute Gasteiger partial charge is 0.456 e. The van der Waals surface area contributed by atoms with Crippen molar-refractivity contribution >= 4 is 43.3 Å². The first-order valence-corrected chi connectivity index (χ1v) is 12.5. The molecule has 1 aromatic carbocycles. The average Bonchev–Trinajstić information content (AvgIpc) is 3.27. The molecule has 1 unspecified atom stereocenters. The average molecular weight is 439 g/mol. The Labute approximate surface area is 175 Å². The van der Waals surface area contributed by atoms with Crippen molar-refractivity contribution < 1.29 is 22.7 Å². The van der Waals surface area contributed by atoms with Crippen LogP contribution in [-0.4, -0.2) is 60.9 Å². The molecule has 7 nitrogen and oxygen atoms in total. The predicted molar refractivity (Wildman–Crippen MR) is 113 cm³/mol. The lowest BCUT2D eigenvalue weighted by molar-refractivity contribution is -0.152. The van der Waals surface area contributed by atoms with Gasteiger partial charge >= 0.3 is 5.97 Å². The molecule has 1 aliphatic rings. The van der Waals surface area contributed by atoms with Crippen LogP contribution in [0.1, 0.15) is 37.6 Å². The monoisotopic (exact) mass is 438 g/mol. The number of para-hydroxylation sites is 1. The van der Waals surface area contributed by atoms with Crippen LogP contribution in [0.4, 0.5) is 0 Å². The Morgan fingerprint density at radius 1 is 1.31 bits per heavy atom. The van der Waals surface area contributed by atoms with Gasteiger partial charge in [-0.3, -0.25) is 9.59 Å². The fourth-order valence-electron chi connectivity index (χ4n) is 3.39. The van der Waals surface area contributed by atoms with Crippen LogP contribution in [0.25, 0.3) is 10.2 Å². The number of aromatic nitrogens is 1. The van der Waals surface area contributed by atoms with Gasteiger partial charge in [-0.2, -0.15) is 0 Å². The zero-order valence-corrected chi connectivity index (χ0v) is 18.1. The zero-order valence-electron chi connectivity index (χ0n) is 16.5. The highest BCUT2D eigenvalue weighted by Crippen LogP contribution is 2.22. The van der Waals surface area contributed by atoms with Crippen LogP contribution in [0.2, 0.25) is 0 Å². The molecule has 0 aliphatic carbocycles. The van der Waals surface area contributed by atoms with E-state index >= 15 is 0 Å². The lowest BCUT2D eigenvalue weighted by Gasteiger charge is -2.28. The molecule has 1 saturated heterocycles. The lowest BCUT2D eigenvalue weighted by atomic mass is 10.2. The summed E-state index contributed by atoms with van der Waals surface area (Å²) in [5, 5.41) is 0.857. The van der Waals surface area contributed by atoms with Crippen molar-refractivity contribution in [2.75, 3.05) is 24.7 Å². The molecule has 2 heterocycles. The molecule has 29 heavy (non-hydrogen) atoms. The number of fused-ring (bicyclic) bond motifs is 1. The van der Waals surface area contributed by atoms with E-state index in [1.165, 1.54) is 0 Å². The summed E-state index contributed by atoms with van der Waals surface area (Å²) in [5.74, 6) is -0.676. The Balaban J connectivity index is 1.49. The van der Waals surface area contributed by atoms with Crippen LogP contribution in [0.5, 0.6) is 0 Å². The molecule has 9 heteroatoms. The number of esters is 1. The van der Waals surface area contributed by atoms with Crippen molar-refractivity contribution in [1.82, 2.24) is 9.88 Å². The second-order valence-electron chi connectivity index (χ2n) is 7.23. The summed E-state index contributed by atoms with van der Waals surface area (Å²) >= 11 is 1.54. The second kappa shape index (κ2) is 9.67.